The van der Waals surface area contributed by atoms with Crippen molar-refractivity contribution in [2.45, 2.75) is 26.1 Å². The first-order valence-corrected chi connectivity index (χ1v) is 7.83. The van der Waals surface area contributed by atoms with E-state index in [9.17, 15) is 4.79 Å². The maximum absolute atomic E-state index is 12.1. The zero-order valence-corrected chi connectivity index (χ0v) is 12.4. The summed E-state index contributed by atoms with van der Waals surface area (Å²) >= 11 is 1.47. The molecule has 0 fully saturated rings. The molecule has 0 radical (unpaired) electrons. The Balaban J connectivity index is 1.61. The lowest BCUT2D eigenvalue weighted by molar-refractivity contribution is 0.0946. The zero-order valence-electron chi connectivity index (χ0n) is 11.6. The van der Waals surface area contributed by atoms with Crippen LogP contribution < -0.4 is 16.4 Å². The monoisotopic (exact) mass is 306 g/mol. The average Bonchev–Trinajstić information content (AvgIpc) is 3.12. The van der Waals surface area contributed by atoms with Crippen LogP contribution in [0.5, 0.6) is 0 Å². The van der Waals surface area contributed by atoms with Gasteiger partial charge in [-0.05, 0) is 6.54 Å². The van der Waals surface area contributed by atoms with Crippen molar-refractivity contribution in [1.29, 1.82) is 0 Å². The van der Waals surface area contributed by atoms with Crippen LogP contribution in [-0.2, 0) is 26.1 Å². The van der Waals surface area contributed by atoms with E-state index in [4.69, 9.17) is 5.73 Å². The molecule has 0 atom stereocenters. The number of rotatable bonds is 5. The summed E-state index contributed by atoms with van der Waals surface area (Å²) in [5, 5.41) is 13.2. The highest BCUT2D eigenvalue weighted by atomic mass is 32.1. The van der Waals surface area contributed by atoms with Crippen molar-refractivity contribution in [3.63, 3.8) is 0 Å². The Bertz CT molecular complexity index is 634. The molecule has 2 aromatic rings. The van der Waals surface area contributed by atoms with Crippen LogP contribution in [-0.4, -0.2) is 33.8 Å². The second kappa shape index (κ2) is 6.33. The second-order valence-corrected chi connectivity index (χ2v) is 5.81. The zero-order chi connectivity index (χ0) is 14.7. The van der Waals surface area contributed by atoms with Crippen LogP contribution in [0, 0.1) is 0 Å². The molecule has 0 unspecified atom stereocenters. The number of fused-ring (bicyclic) bond motifs is 1. The van der Waals surface area contributed by atoms with E-state index in [-0.39, 0.29) is 5.91 Å². The van der Waals surface area contributed by atoms with Gasteiger partial charge in [0.05, 0.1) is 23.4 Å². The van der Waals surface area contributed by atoms with Crippen LogP contribution in [0.1, 0.15) is 26.8 Å². The predicted molar refractivity (Wildman–Crippen MR) is 80.0 cm³/mol. The number of hydrogen-bond donors (Lipinski definition) is 3. The lowest BCUT2D eigenvalue weighted by atomic mass is 10.2. The maximum atomic E-state index is 12.1. The Morgan fingerprint density at radius 3 is 3.33 bits per heavy atom. The van der Waals surface area contributed by atoms with Gasteiger partial charge in [-0.15, -0.1) is 11.3 Å². The number of nitrogens with zero attached hydrogens (tertiary/aromatic N) is 3. The fourth-order valence-electron chi connectivity index (χ4n) is 2.31. The molecule has 0 bridgehead atoms. The van der Waals surface area contributed by atoms with Crippen LogP contribution in [0.15, 0.2) is 11.6 Å². The minimum atomic E-state index is -0.154. The van der Waals surface area contributed by atoms with Crippen molar-refractivity contribution in [2.75, 3.05) is 13.1 Å². The Labute approximate surface area is 126 Å². The van der Waals surface area contributed by atoms with E-state index in [1.165, 1.54) is 11.3 Å². The lowest BCUT2D eigenvalue weighted by Crippen LogP contribution is -2.30. The smallest absolute Gasteiger partial charge is 0.271 e. The highest BCUT2D eigenvalue weighted by Gasteiger charge is 2.16. The molecule has 1 amide bonds. The SMILES string of the molecule is NCCc1nc(C(=O)NCc2cnn3c2CNCC3)cs1. The van der Waals surface area contributed by atoms with Gasteiger partial charge in [0.2, 0.25) is 0 Å². The van der Waals surface area contributed by atoms with Crippen LogP contribution in [0.4, 0.5) is 0 Å². The molecule has 3 heterocycles. The van der Waals surface area contributed by atoms with E-state index in [2.05, 4.69) is 20.7 Å². The average molecular weight is 306 g/mol. The third-order valence-corrected chi connectivity index (χ3v) is 4.32. The number of amides is 1. The Morgan fingerprint density at radius 2 is 2.48 bits per heavy atom. The van der Waals surface area contributed by atoms with Crippen molar-refractivity contribution < 1.29 is 4.79 Å². The minimum Gasteiger partial charge on any atom is -0.346 e. The summed E-state index contributed by atoms with van der Waals surface area (Å²) in [5.74, 6) is -0.154. The Morgan fingerprint density at radius 1 is 1.57 bits per heavy atom. The normalized spacial score (nSPS) is 14.0. The third-order valence-electron chi connectivity index (χ3n) is 3.41. The minimum absolute atomic E-state index is 0.154. The number of carbonyl (C=O) groups excluding carboxylic acids is 1. The maximum Gasteiger partial charge on any atom is 0.271 e. The molecule has 3 rings (SSSR count). The molecule has 1 aliphatic heterocycles. The molecule has 4 N–H and O–H groups in total. The molecule has 8 heteroatoms. The van der Waals surface area contributed by atoms with Crippen molar-refractivity contribution >= 4 is 17.2 Å². The summed E-state index contributed by atoms with van der Waals surface area (Å²) in [6.45, 7) is 3.62. The number of nitrogens with one attached hydrogen (secondary N) is 2. The number of aromatic nitrogens is 3. The third kappa shape index (κ3) is 3.12. The molecule has 0 saturated carbocycles. The van der Waals surface area contributed by atoms with Gasteiger partial charge in [0.25, 0.3) is 5.91 Å². The molecule has 0 aliphatic carbocycles. The van der Waals surface area contributed by atoms with Crippen LogP contribution in [0.3, 0.4) is 0 Å². The van der Waals surface area contributed by atoms with Gasteiger partial charge in [-0.3, -0.25) is 9.48 Å². The predicted octanol–water partition coefficient (Wildman–Crippen LogP) is -0.126. The lowest BCUT2D eigenvalue weighted by Gasteiger charge is -2.16. The van der Waals surface area contributed by atoms with Gasteiger partial charge in [-0.1, -0.05) is 0 Å². The van der Waals surface area contributed by atoms with E-state index >= 15 is 0 Å². The fourth-order valence-corrected chi connectivity index (χ4v) is 3.10. The molecule has 112 valence electrons. The summed E-state index contributed by atoms with van der Waals surface area (Å²) < 4.78 is 1.99. The molecular weight excluding hydrogens is 288 g/mol. The molecule has 0 spiro atoms. The van der Waals surface area contributed by atoms with Crippen molar-refractivity contribution in [2.24, 2.45) is 5.73 Å². The van der Waals surface area contributed by atoms with Gasteiger partial charge < -0.3 is 16.4 Å². The molecule has 7 nitrogen and oxygen atoms in total. The van der Waals surface area contributed by atoms with Crippen LogP contribution in [0.2, 0.25) is 0 Å². The molecular formula is C13H18N6OS. The Hall–Kier alpha value is -1.77. The quantitative estimate of drug-likeness (QED) is 0.715. The van der Waals surface area contributed by atoms with E-state index in [0.29, 0.717) is 25.2 Å². The number of thiazole rings is 1. The van der Waals surface area contributed by atoms with Crippen LogP contribution in [0.25, 0.3) is 0 Å². The van der Waals surface area contributed by atoms with E-state index in [1.807, 2.05) is 10.9 Å². The standard InChI is InChI=1S/C13H18N6OS/c14-2-1-12-18-10(8-21-12)13(20)16-5-9-6-17-19-4-3-15-7-11(9)19/h6,8,15H,1-5,7,14H2,(H,16,20). The molecule has 2 aromatic heterocycles. The van der Waals surface area contributed by atoms with Crippen molar-refractivity contribution in [1.82, 2.24) is 25.4 Å². The fraction of sp³-hybridized carbons (Fsp3) is 0.462. The highest BCUT2D eigenvalue weighted by Crippen LogP contribution is 2.13. The summed E-state index contributed by atoms with van der Waals surface area (Å²) in [5.41, 5.74) is 8.14. The van der Waals surface area contributed by atoms with Gasteiger partial charge in [0.1, 0.15) is 5.69 Å². The van der Waals surface area contributed by atoms with Gasteiger partial charge in [0.15, 0.2) is 0 Å². The summed E-state index contributed by atoms with van der Waals surface area (Å²) in [4.78, 5) is 16.4. The van der Waals surface area contributed by atoms with E-state index in [1.54, 1.807) is 5.38 Å². The molecule has 21 heavy (non-hydrogen) atoms. The van der Waals surface area contributed by atoms with Gasteiger partial charge in [-0.2, -0.15) is 5.10 Å². The van der Waals surface area contributed by atoms with Gasteiger partial charge >= 0.3 is 0 Å². The van der Waals surface area contributed by atoms with Crippen molar-refractivity contribution in [3.8, 4) is 0 Å². The largest absolute Gasteiger partial charge is 0.346 e. The van der Waals surface area contributed by atoms with E-state index < -0.39 is 0 Å². The summed E-state index contributed by atoms with van der Waals surface area (Å²) in [7, 11) is 0. The van der Waals surface area contributed by atoms with Crippen molar-refractivity contribution in [3.05, 3.63) is 33.5 Å². The highest BCUT2D eigenvalue weighted by molar-refractivity contribution is 7.09. The number of hydrogen-bond acceptors (Lipinski definition) is 6. The molecule has 0 saturated heterocycles. The first-order chi connectivity index (χ1) is 10.3. The Kier molecular flexibility index (Phi) is 4.28. The molecule has 1 aliphatic rings. The first kappa shape index (κ1) is 14.2. The van der Waals surface area contributed by atoms with Gasteiger partial charge in [-0.25, -0.2) is 4.98 Å². The first-order valence-electron chi connectivity index (χ1n) is 6.95. The van der Waals surface area contributed by atoms with Crippen LogP contribution >= 0.6 is 11.3 Å². The van der Waals surface area contributed by atoms with E-state index in [0.717, 1.165) is 35.9 Å². The summed E-state index contributed by atoms with van der Waals surface area (Å²) in [6, 6.07) is 0. The number of carbonyl (C=O) groups is 1. The topological polar surface area (TPSA) is 97.9 Å². The number of nitrogens with two attached hydrogens (primary N) is 1. The molecule has 0 aromatic carbocycles. The summed E-state index contributed by atoms with van der Waals surface area (Å²) in [6.07, 6.45) is 2.53. The second-order valence-electron chi connectivity index (χ2n) is 4.86. The van der Waals surface area contributed by atoms with Gasteiger partial charge in [0, 0.05) is 37.0 Å².